The minimum Gasteiger partial charge on any atom is -0.444 e. The lowest BCUT2D eigenvalue weighted by Crippen LogP contribution is -2.52. The Balaban J connectivity index is 1.88. The van der Waals surface area contributed by atoms with Gasteiger partial charge in [0.2, 0.25) is 0 Å². The van der Waals surface area contributed by atoms with Crippen LogP contribution in [0.15, 0.2) is 18.2 Å². The van der Waals surface area contributed by atoms with Crippen molar-refractivity contribution in [2.75, 3.05) is 13.2 Å². The second-order valence-corrected chi connectivity index (χ2v) is 9.30. The van der Waals surface area contributed by atoms with Crippen molar-refractivity contribution >= 4 is 29.3 Å². The topological polar surface area (TPSA) is 49.8 Å². The zero-order chi connectivity index (χ0) is 18.6. The number of ether oxygens (including phenoxy) is 1. The van der Waals surface area contributed by atoms with Gasteiger partial charge < -0.3 is 14.7 Å². The Hall–Kier alpha value is -0.970. The number of amides is 1. The van der Waals surface area contributed by atoms with E-state index in [9.17, 15) is 9.90 Å². The van der Waals surface area contributed by atoms with Crippen molar-refractivity contribution in [3.8, 4) is 0 Å². The van der Waals surface area contributed by atoms with Crippen LogP contribution in [0, 0.1) is 5.41 Å². The summed E-state index contributed by atoms with van der Waals surface area (Å²) in [5.41, 5.74) is 0.0542. The molecular formula is C19H25Cl2NO3. The number of aliphatic hydroxyl groups excluding tert-OH is 1. The Morgan fingerprint density at radius 2 is 2.04 bits per heavy atom. The number of piperidine rings is 1. The van der Waals surface area contributed by atoms with E-state index in [4.69, 9.17) is 27.9 Å². The van der Waals surface area contributed by atoms with Gasteiger partial charge in [-0.25, -0.2) is 4.79 Å². The summed E-state index contributed by atoms with van der Waals surface area (Å²) in [5.74, 6) is 0. The molecule has 1 aromatic rings. The molecule has 1 aromatic carbocycles. The van der Waals surface area contributed by atoms with Crippen molar-refractivity contribution in [3.63, 3.8) is 0 Å². The third-order valence-electron chi connectivity index (χ3n) is 5.58. The van der Waals surface area contributed by atoms with Crippen LogP contribution < -0.4 is 0 Å². The number of aliphatic hydroxyl groups is 1. The summed E-state index contributed by atoms with van der Waals surface area (Å²) in [7, 11) is 0. The van der Waals surface area contributed by atoms with Crippen LogP contribution in [0.3, 0.4) is 0 Å². The fraction of sp³-hybridized carbons (Fsp3) is 0.632. The van der Waals surface area contributed by atoms with Crippen molar-refractivity contribution in [2.24, 2.45) is 5.41 Å². The molecule has 138 valence electrons. The maximum absolute atomic E-state index is 12.6. The van der Waals surface area contributed by atoms with Crippen molar-refractivity contribution < 1.29 is 14.6 Å². The van der Waals surface area contributed by atoms with Crippen LogP contribution >= 0.6 is 23.2 Å². The van der Waals surface area contributed by atoms with Crippen LogP contribution in [0.2, 0.25) is 10.0 Å². The summed E-state index contributed by atoms with van der Waals surface area (Å²) in [6.45, 7) is 8.12. The largest absolute Gasteiger partial charge is 0.444 e. The molecule has 1 saturated carbocycles. The highest BCUT2D eigenvalue weighted by Crippen LogP contribution is 2.69. The lowest BCUT2D eigenvalue weighted by Gasteiger charge is -2.42. The third kappa shape index (κ3) is 3.13. The average Bonchev–Trinajstić information content (AvgIpc) is 3.17. The summed E-state index contributed by atoms with van der Waals surface area (Å²) >= 11 is 12.3. The highest BCUT2D eigenvalue weighted by Gasteiger charge is 2.71. The highest BCUT2D eigenvalue weighted by molar-refractivity contribution is 6.42. The molecule has 2 unspecified atom stereocenters. The molecule has 2 fully saturated rings. The van der Waals surface area contributed by atoms with Crippen LogP contribution in [0.1, 0.15) is 46.1 Å². The normalized spacial score (nSPS) is 31.5. The molecule has 1 aliphatic carbocycles. The predicted molar refractivity (Wildman–Crippen MR) is 99.3 cm³/mol. The number of halogens is 2. The minimum absolute atomic E-state index is 0.0199. The van der Waals surface area contributed by atoms with E-state index in [1.54, 1.807) is 11.0 Å². The highest BCUT2D eigenvalue weighted by atomic mass is 35.5. The first-order chi connectivity index (χ1) is 11.5. The lowest BCUT2D eigenvalue weighted by atomic mass is 9.78. The second kappa shape index (κ2) is 6.04. The van der Waals surface area contributed by atoms with Gasteiger partial charge in [-0.3, -0.25) is 0 Å². The molecule has 3 rings (SSSR count). The summed E-state index contributed by atoms with van der Waals surface area (Å²) in [5, 5.41) is 11.2. The average molecular weight is 386 g/mol. The van der Waals surface area contributed by atoms with Gasteiger partial charge in [-0.1, -0.05) is 29.3 Å². The van der Waals surface area contributed by atoms with Gasteiger partial charge >= 0.3 is 6.09 Å². The molecule has 1 N–H and O–H groups in total. The molecule has 1 heterocycles. The Morgan fingerprint density at radius 3 is 2.60 bits per heavy atom. The van der Waals surface area contributed by atoms with Crippen molar-refractivity contribution in [1.82, 2.24) is 4.90 Å². The number of hydrogen-bond acceptors (Lipinski definition) is 3. The number of fused-ring (bicyclic) bond motifs is 1. The van der Waals surface area contributed by atoms with Gasteiger partial charge in [-0.2, -0.15) is 0 Å². The van der Waals surface area contributed by atoms with Crippen molar-refractivity contribution in [3.05, 3.63) is 33.8 Å². The molecule has 0 spiro atoms. The smallest absolute Gasteiger partial charge is 0.410 e. The van der Waals surface area contributed by atoms with Gasteiger partial charge in [-0.05, 0) is 58.2 Å². The van der Waals surface area contributed by atoms with Crippen LogP contribution in [0.5, 0.6) is 0 Å². The maximum atomic E-state index is 12.6. The second-order valence-electron chi connectivity index (χ2n) is 8.49. The Kier molecular flexibility index (Phi) is 4.54. The number of carbonyl (C=O) groups excluding carboxylic acids is 1. The van der Waals surface area contributed by atoms with E-state index in [2.05, 4.69) is 0 Å². The Morgan fingerprint density at radius 1 is 1.36 bits per heavy atom. The molecule has 1 amide bonds. The molecule has 1 aliphatic heterocycles. The summed E-state index contributed by atoms with van der Waals surface area (Å²) in [6, 6.07) is 5.71. The van der Waals surface area contributed by atoms with Gasteiger partial charge in [0.1, 0.15) is 5.60 Å². The van der Waals surface area contributed by atoms with Gasteiger partial charge in [0.25, 0.3) is 0 Å². The summed E-state index contributed by atoms with van der Waals surface area (Å²) < 4.78 is 5.54. The maximum Gasteiger partial charge on any atom is 0.410 e. The van der Waals surface area contributed by atoms with Crippen LogP contribution in [-0.4, -0.2) is 40.9 Å². The Labute approximate surface area is 159 Å². The number of carbonyl (C=O) groups is 1. The minimum atomic E-state index is -0.537. The van der Waals surface area contributed by atoms with Gasteiger partial charge in [0.15, 0.2) is 0 Å². The Bertz CT molecular complexity index is 702. The van der Waals surface area contributed by atoms with Crippen LogP contribution in [-0.2, 0) is 10.2 Å². The first kappa shape index (κ1) is 18.8. The number of nitrogens with zero attached hydrogens (tertiary/aromatic N) is 1. The lowest BCUT2D eigenvalue weighted by molar-refractivity contribution is -0.00423. The van der Waals surface area contributed by atoms with Crippen LogP contribution in [0.25, 0.3) is 0 Å². The molecule has 2 aliphatic rings. The quantitative estimate of drug-likeness (QED) is 0.806. The molecule has 1 saturated heterocycles. The van der Waals surface area contributed by atoms with E-state index in [0.717, 1.165) is 18.4 Å². The van der Waals surface area contributed by atoms with E-state index in [-0.39, 0.29) is 29.6 Å². The molecule has 4 nitrogen and oxygen atoms in total. The number of hydrogen-bond donors (Lipinski definition) is 1. The van der Waals surface area contributed by atoms with E-state index in [1.807, 2.05) is 39.8 Å². The molecule has 3 atom stereocenters. The zero-order valence-corrected chi connectivity index (χ0v) is 16.6. The number of rotatable bonds is 2. The van der Waals surface area contributed by atoms with Gasteiger partial charge in [0, 0.05) is 23.4 Å². The molecule has 0 aromatic heterocycles. The number of likely N-dealkylation sites (tertiary alicyclic amines) is 1. The fourth-order valence-corrected chi connectivity index (χ4v) is 4.57. The summed E-state index contributed by atoms with van der Waals surface area (Å²) in [6.07, 6.45) is 1.28. The molecule has 0 bridgehead atoms. The predicted octanol–water partition coefficient (Wildman–Crippen LogP) is 4.64. The molecular weight excluding hydrogens is 361 g/mol. The first-order valence-electron chi connectivity index (χ1n) is 8.60. The first-order valence-corrected chi connectivity index (χ1v) is 9.35. The monoisotopic (exact) mass is 385 g/mol. The van der Waals surface area contributed by atoms with Gasteiger partial charge in [0.05, 0.1) is 16.7 Å². The van der Waals surface area contributed by atoms with E-state index >= 15 is 0 Å². The molecule has 0 radical (unpaired) electrons. The zero-order valence-electron chi connectivity index (χ0n) is 15.1. The third-order valence-corrected chi connectivity index (χ3v) is 6.32. The summed E-state index contributed by atoms with van der Waals surface area (Å²) in [4.78, 5) is 14.3. The van der Waals surface area contributed by atoms with E-state index in [1.165, 1.54) is 0 Å². The number of benzene rings is 1. The van der Waals surface area contributed by atoms with Crippen LogP contribution in [0.4, 0.5) is 4.79 Å². The van der Waals surface area contributed by atoms with E-state index in [0.29, 0.717) is 16.6 Å². The SMILES string of the molecule is C[C@H]1CC2(c3ccc(Cl)c(Cl)c3)CC2(CO)CN1C(=O)OC(C)(C)C. The van der Waals surface area contributed by atoms with E-state index < -0.39 is 5.60 Å². The van der Waals surface area contributed by atoms with Gasteiger partial charge in [-0.15, -0.1) is 0 Å². The van der Waals surface area contributed by atoms with Crippen molar-refractivity contribution in [1.29, 1.82) is 0 Å². The van der Waals surface area contributed by atoms with Crippen molar-refractivity contribution in [2.45, 2.75) is 57.6 Å². The standard InChI is InChI=1S/C19H25Cl2NO3/c1-12-8-19(13-5-6-14(20)15(21)7-13)9-18(19,11-23)10-22(12)16(24)25-17(2,3)4/h5-7,12,23H,8-11H2,1-4H3/t12-,18?,19?/m0/s1. The fourth-order valence-electron chi connectivity index (χ4n) is 4.27. The molecule has 6 heteroatoms. The molecule has 25 heavy (non-hydrogen) atoms.